The molecule has 0 radical (unpaired) electrons. The van der Waals surface area contributed by atoms with E-state index in [0.717, 1.165) is 25.7 Å². The second-order valence-electron chi connectivity index (χ2n) is 3.57. The lowest BCUT2D eigenvalue weighted by Gasteiger charge is -2.12. The molecule has 0 saturated carbocycles. The fraction of sp³-hybridized carbons (Fsp3) is 0.750. The number of esters is 1. The Morgan fingerprint density at radius 2 is 2.13 bits per heavy atom. The van der Waals surface area contributed by atoms with E-state index in [4.69, 9.17) is 0 Å². The highest BCUT2D eigenvalue weighted by Crippen LogP contribution is 2.00. The number of hydrogen-bond donors (Lipinski definition) is 1. The summed E-state index contributed by atoms with van der Waals surface area (Å²) >= 11 is 0. The van der Waals surface area contributed by atoms with Crippen LogP contribution in [-0.4, -0.2) is 25.7 Å². The van der Waals surface area contributed by atoms with Crippen LogP contribution in [0.25, 0.3) is 0 Å². The van der Waals surface area contributed by atoms with Gasteiger partial charge in [0.1, 0.15) is 0 Å². The Morgan fingerprint density at radius 1 is 1.40 bits per heavy atom. The maximum atomic E-state index is 10.9. The normalized spacial score (nSPS) is 13.0. The van der Waals surface area contributed by atoms with Crippen LogP contribution in [0.2, 0.25) is 0 Å². The summed E-state index contributed by atoms with van der Waals surface area (Å²) in [5.74, 6) is -0.208. The van der Waals surface area contributed by atoms with Gasteiger partial charge in [0.05, 0.1) is 13.7 Å². The highest BCUT2D eigenvalue weighted by atomic mass is 16.5. The zero-order valence-electron chi connectivity index (χ0n) is 10.1. The molecular weight excluding hydrogens is 190 g/mol. The van der Waals surface area contributed by atoms with E-state index in [1.54, 1.807) is 0 Å². The molecule has 0 aromatic rings. The Hall–Kier alpha value is -0.830. The standard InChI is InChI=1S/C12H23NO2/c1-4-6-7-9-11(8-5-2)13-10-12(14)15-3/h7,9,11,13H,4-6,8,10H2,1-3H3/b9-7+. The molecule has 88 valence electrons. The molecular formula is C12H23NO2. The van der Waals surface area contributed by atoms with E-state index in [1.165, 1.54) is 7.11 Å². The van der Waals surface area contributed by atoms with Gasteiger partial charge < -0.3 is 10.1 Å². The van der Waals surface area contributed by atoms with Gasteiger partial charge in [0.25, 0.3) is 0 Å². The second-order valence-corrected chi connectivity index (χ2v) is 3.57. The summed E-state index contributed by atoms with van der Waals surface area (Å²) in [7, 11) is 1.41. The highest BCUT2D eigenvalue weighted by molar-refractivity contribution is 5.71. The smallest absolute Gasteiger partial charge is 0.319 e. The molecule has 0 bridgehead atoms. The minimum Gasteiger partial charge on any atom is -0.468 e. The number of hydrogen-bond acceptors (Lipinski definition) is 3. The topological polar surface area (TPSA) is 38.3 Å². The maximum Gasteiger partial charge on any atom is 0.319 e. The Morgan fingerprint density at radius 3 is 2.67 bits per heavy atom. The summed E-state index contributed by atoms with van der Waals surface area (Å²) in [5, 5.41) is 3.17. The van der Waals surface area contributed by atoms with Crippen molar-refractivity contribution in [3.8, 4) is 0 Å². The van der Waals surface area contributed by atoms with Crippen LogP contribution < -0.4 is 5.32 Å². The number of ether oxygens (including phenoxy) is 1. The summed E-state index contributed by atoms with van der Waals surface area (Å²) in [6, 6.07) is 0.292. The molecule has 0 aliphatic rings. The third-order valence-corrected chi connectivity index (χ3v) is 2.16. The van der Waals surface area contributed by atoms with Crippen molar-refractivity contribution in [3.05, 3.63) is 12.2 Å². The van der Waals surface area contributed by atoms with Crippen LogP contribution in [0.5, 0.6) is 0 Å². The van der Waals surface area contributed by atoms with Crippen LogP contribution in [-0.2, 0) is 9.53 Å². The monoisotopic (exact) mass is 213 g/mol. The van der Waals surface area contributed by atoms with Gasteiger partial charge in [0, 0.05) is 6.04 Å². The number of methoxy groups -OCH3 is 1. The molecule has 0 fully saturated rings. The van der Waals surface area contributed by atoms with E-state index in [1.807, 2.05) is 0 Å². The van der Waals surface area contributed by atoms with Gasteiger partial charge in [0.2, 0.25) is 0 Å². The first-order valence-electron chi connectivity index (χ1n) is 5.71. The molecule has 1 atom stereocenters. The van der Waals surface area contributed by atoms with Crippen molar-refractivity contribution in [2.75, 3.05) is 13.7 Å². The predicted molar refractivity (Wildman–Crippen MR) is 62.8 cm³/mol. The fourth-order valence-electron chi connectivity index (χ4n) is 1.29. The van der Waals surface area contributed by atoms with Gasteiger partial charge >= 0.3 is 5.97 Å². The quantitative estimate of drug-likeness (QED) is 0.496. The minimum absolute atomic E-state index is 0.208. The van der Waals surface area contributed by atoms with Gasteiger partial charge in [-0.05, 0) is 12.8 Å². The maximum absolute atomic E-state index is 10.9. The summed E-state index contributed by atoms with van der Waals surface area (Å²) < 4.78 is 4.58. The first kappa shape index (κ1) is 14.2. The number of nitrogens with one attached hydrogen (secondary N) is 1. The lowest BCUT2D eigenvalue weighted by molar-refractivity contribution is -0.139. The first-order chi connectivity index (χ1) is 7.24. The van der Waals surface area contributed by atoms with Crippen molar-refractivity contribution in [2.45, 2.75) is 45.6 Å². The SMILES string of the molecule is CCC/C=C/C(CCC)NCC(=O)OC. The number of allylic oxidation sites excluding steroid dienone is 1. The van der Waals surface area contributed by atoms with Crippen molar-refractivity contribution in [2.24, 2.45) is 0 Å². The molecule has 0 aromatic carbocycles. The average Bonchev–Trinajstić information content (AvgIpc) is 2.25. The molecule has 0 aliphatic heterocycles. The fourth-order valence-corrected chi connectivity index (χ4v) is 1.29. The molecule has 15 heavy (non-hydrogen) atoms. The number of rotatable bonds is 8. The predicted octanol–water partition coefficient (Wildman–Crippen LogP) is 2.27. The number of carbonyl (C=O) groups excluding carboxylic acids is 1. The third kappa shape index (κ3) is 8.18. The van der Waals surface area contributed by atoms with E-state index >= 15 is 0 Å². The van der Waals surface area contributed by atoms with Gasteiger partial charge in [-0.1, -0.05) is 38.8 Å². The molecule has 0 saturated heterocycles. The molecule has 1 N–H and O–H groups in total. The Bertz CT molecular complexity index is 190. The third-order valence-electron chi connectivity index (χ3n) is 2.16. The molecule has 3 nitrogen and oxygen atoms in total. The van der Waals surface area contributed by atoms with Crippen LogP contribution in [0, 0.1) is 0 Å². The van der Waals surface area contributed by atoms with Gasteiger partial charge in [-0.25, -0.2) is 0 Å². The summed E-state index contributed by atoms with van der Waals surface area (Å²) in [6.45, 7) is 4.58. The van der Waals surface area contributed by atoms with Gasteiger partial charge in [-0.2, -0.15) is 0 Å². The van der Waals surface area contributed by atoms with Gasteiger partial charge in [0.15, 0.2) is 0 Å². The lowest BCUT2D eigenvalue weighted by atomic mass is 10.1. The Labute approximate surface area is 92.9 Å². The van der Waals surface area contributed by atoms with Crippen molar-refractivity contribution in [1.29, 1.82) is 0 Å². The zero-order chi connectivity index (χ0) is 11.5. The van der Waals surface area contributed by atoms with Crippen LogP contribution in [0.4, 0.5) is 0 Å². The lowest BCUT2D eigenvalue weighted by Crippen LogP contribution is -2.32. The first-order valence-corrected chi connectivity index (χ1v) is 5.71. The van der Waals surface area contributed by atoms with E-state index < -0.39 is 0 Å². The Balaban J connectivity index is 3.86. The van der Waals surface area contributed by atoms with Crippen LogP contribution >= 0.6 is 0 Å². The molecule has 0 spiro atoms. The minimum atomic E-state index is -0.208. The molecule has 0 heterocycles. The zero-order valence-corrected chi connectivity index (χ0v) is 10.1. The number of carbonyl (C=O) groups is 1. The van der Waals surface area contributed by atoms with Gasteiger partial charge in [-0.15, -0.1) is 0 Å². The Kier molecular flexibility index (Phi) is 9.18. The van der Waals surface area contributed by atoms with E-state index in [9.17, 15) is 4.79 Å². The van der Waals surface area contributed by atoms with E-state index in [-0.39, 0.29) is 12.5 Å². The second kappa shape index (κ2) is 9.71. The average molecular weight is 213 g/mol. The van der Waals surface area contributed by atoms with Crippen LogP contribution in [0.15, 0.2) is 12.2 Å². The molecule has 0 amide bonds. The largest absolute Gasteiger partial charge is 0.468 e. The highest BCUT2D eigenvalue weighted by Gasteiger charge is 2.05. The molecule has 1 unspecified atom stereocenters. The summed E-state index contributed by atoms with van der Waals surface area (Å²) in [6.07, 6.45) is 8.74. The van der Waals surface area contributed by atoms with Crippen molar-refractivity contribution in [1.82, 2.24) is 5.32 Å². The molecule has 3 heteroatoms. The van der Waals surface area contributed by atoms with Crippen LogP contribution in [0.1, 0.15) is 39.5 Å². The molecule has 0 rings (SSSR count). The summed E-state index contributed by atoms with van der Waals surface area (Å²) in [5.41, 5.74) is 0. The summed E-state index contributed by atoms with van der Waals surface area (Å²) in [4.78, 5) is 10.9. The van der Waals surface area contributed by atoms with Crippen molar-refractivity contribution in [3.63, 3.8) is 0 Å². The van der Waals surface area contributed by atoms with Gasteiger partial charge in [-0.3, -0.25) is 4.79 Å². The molecule has 0 aliphatic carbocycles. The van der Waals surface area contributed by atoms with Crippen LogP contribution in [0.3, 0.4) is 0 Å². The molecule has 0 aromatic heterocycles. The number of unbranched alkanes of at least 4 members (excludes halogenated alkanes) is 1. The van der Waals surface area contributed by atoms with Crippen molar-refractivity contribution >= 4 is 5.97 Å². The van der Waals surface area contributed by atoms with E-state index in [0.29, 0.717) is 6.04 Å². The van der Waals surface area contributed by atoms with E-state index in [2.05, 4.69) is 36.1 Å². The van der Waals surface area contributed by atoms with Crippen molar-refractivity contribution < 1.29 is 9.53 Å².